The second-order valence-electron chi connectivity index (χ2n) is 4.22. The fourth-order valence-electron chi connectivity index (χ4n) is 1.49. The zero-order valence-corrected chi connectivity index (χ0v) is 13.0. The summed E-state index contributed by atoms with van der Waals surface area (Å²) in [5.74, 6) is -1.97. The van der Waals surface area contributed by atoms with E-state index in [2.05, 4.69) is 15.8 Å². The Hall–Kier alpha value is -2.38. The van der Waals surface area contributed by atoms with E-state index in [1.54, 1.807) is 6.07 Å². The van der Waals surface area contributed by atoms with Crippen molar-refractivity contribution < 1.29 is 18.7 Å². The van der Waals surface area contributed by atoms with Crippen molar-refractivity contribution in [1.29, 1.82) is 0 Å². The number of hydrogen-bond donors (Lipinski definition) is 2. The van der Waals surface area contributed by atoms with Crippen molar-refractivity contribution in [3.63, 3.8) is 0 Å². The van der Waals surface area contributed by atoms with Gasteiger partial charge in [-0.2, -0.15) is 0 Å². The van der Waals surface area contributed by atoms with Gasteiger partial charge < -0.3 is 4.74 Å². The summed E-state index contributed by atoms with van der Waals surface area (Å²) in [5, 5.41) is 0.166. The molecule has 0 bridgehead atoms. The highest BCUT2D eigenvalue weighted by Crippen LogP contribution is 2.19. The molecule has 2 aromatic rings. The lowest BCUT2D eigenvalue weighted by Crippen LogP contribution is -2.43. The molecular formula is C14H10Cl2FN3O3. The van der Waals surface area contributed by atoms with Crippen LogP contribution < -0.4 is 15.6 Å². The first-order valence-electron chi connectivity index (χ1n) is 6.25. The van der Waals surface area contributed by atoms with Crippen LogP contribution in [-0.2, 0) is 4.79 Å². The Morgan fingerprint density at radius 3 is 2.65 bits per heavy atom. The lowest BCUT2D eigenvalue weighted by atomic mass is 10.3. The van der Waals surface area contributed by atoms with Gasteiger partial charge in [0, 0.05) is 6.20 Å². The van der Waals surface area contributed by atoms with E-state index in [4.69, 9.17) is 27.9 Å². The Kier molecular flexibility index (Phi) is 5.72. The normalized spacial score (nSPS) is 10.0. The van der Waals surface area contributed by atoms with Crippen molar-refractivity contribution in [2.24, 2.45) is 0 Å². The smallest absolute Gasteiger partial charge is 0.276 e. The minimum Gasteiger partial charge on any atom is -0.481 e. The molecule has 0 saturated carbocycles. The summed E-state index contributed by atoms with van der Waals surface area (Å²) in [7, 11) is 0. The number of rotatable bonds is 4. The van der Waals surface area contributed by atoms with Crippen LogP contribution in [0.25, 0.3) is 0 Å². The average Bonchev–Trinajstić information content (AvgIpc) is 2.54. The minimum absolute atomic E-state index is 0.0607. The minimum atomic E-state index is -0.672. The third-order valence-electron chi connectivity index (χ3n) is 2.57. The number of carbonyl (C=O) groups excluding carboxylic acids is 2. The SMILES string of the molecule is O=C(COc1ccccc1F)NNC(=O)c1cnc(Cl)c(Cl)c1. The molecule has 6 nitrogen and oxygen atoms in total. The monoisotopic (exact) mass is 357 g/mol. The molecule has 0 fully saturated rings. The van der Waals surface area contributed by atoms with Crippen molar-refractivity contribution in [2.75, 3.05) is 6.61 Å². The lowest BCUT2D eigenvalue weighted by molar-refractivity contribution is -0.123. The number of ether oxygens (including phenoxy) is 1. The summed E-state index contributed by atoms with van der Waals surface area (Å²) in [6, 6.07) is 6.94. The summed E-state index contributed by atoms with van der Waals surface area (Å²) in [4.78, 5) is 27.0. The summed E-state index contributed by atoms with van der Waals surface area (Å²) in [5.41, 5.74) is 4.36. The van der Waals surface area contributed by atoms with Crippen LogP contribution in [0.4, 0.5) is 4.39 Å². The van der Waals surface area contributed by atoms with E-state index in [1.807, 2.05) is 0 Å². The Morgan fingerprint density at radius 2 is 1.96 bits per heavy atom. The van der Waals surface area contributed by atoms with E-state index in [-0.39, 0.29) is 21.5 Å². The van der Waals surface area contributed by atoms with E-state index < -0.39 is 24.2 Å². The van der Waals surface area contributed by atoms with Crippen molar-refractivity contribution in [2.45, 2.75) is 0 Å². The predicted octanol–water partition coefficient (Wildman–Crippen LogP) is 2.37. The number of amides is 2. The molecule has 1 heterocycles. The van der Waals surface area contributed by atoms with Crippen molar-refractivity contribution >= 4 is 35.0 Å². The molecule has 1 aromatic heterocycles. The molecule has 0 aliphatic rings. The molecule has 0 saturated heterocycles. The molecular weight excluding hydrogens is 348 g/mol. The van der Waals surface area contributed by atoms with Crippen LogP contribution in [0.5, 0.6) is 5.75 Å². The molecule has 9 heteroatoms. The van der Waals surface area contributed by atoms with Gasteiger partial charge >= 0.3 is 0 Å². The summed E-state index contributed by atoms with van der Waals surface area (Å²) in [6.07, 6.45) is 1.20. The summed E-state index contributed by atoms with van der Waals surface area (Å²) < 4.78 is 18.3. The van der Waals surface area contributed by atoms with Crippen LogP contribution >= 0.6 is 23.2 Å². The van der Waals surface area contributed by atoms with Gasteiger partial charge in [-0.15, -0.1) is 0 Å². The second kappa shape index (κ2) is 7.75. The molecule has 23 heavy (non-hydrogen) atoms. The number of pyridine rings is 1. The number of aromatic nitrogens is 1. The van der Waals surface area contributed by atoms with Crippen LogP contribution in [0.2, 0.25) is 10.2 Å². The van der Waals surface area contributed by atoms with Gasteiger partial charge in [0.2, 0.25) is 0 Å². The third kappa shape index (κ3) is 4.80. The number of para-hydroxylation sites is 1. The highest BCUT2D eigenvalue weighted by atomic mass is 35.5. The van der Waals surface area contributed by atoms with Crippen LogP contribution in [0.3, 0.4) is 0 Å². The zero-order valence-electron chi connectivity index (χ0n) is 11.5. The molecule has 120 valence electrons. The maximum absolute atomic E-state index is 13.3. The number of halogens is 3. The Morgan fingerprint density at radius 1 is 1.22 bits per heavy atom. The summed E-state index contributed by atoms with van der Waals surface area (Å²) >= 11 is 11.4. The summed E-state index contributed by atoms with van der Waals surface area (Å²) in [6.45, 7) is -0.471. The lowest BCUT2D eigenvalue weighted by Gasteiger charge is -2.09. The number of hydrazine groups is 1. The van der Waals surface area contributed by atoms with Gasteiger partial charge in [0.05, 0.1) is 10.6 Å². The standard InChI is InChI=1S/C14H10Cl2FN3O3/c15-9-5-8(6-18-13(9)16)14(22)20-19-12(21)7-23-11-4-2-1-3-10(11)17/h1-6H,7H2,(H,19,21)(H,20,22). The molecule has 0 radical (unpaired) electrons. The van der Waals surface area contributed by atoms with E-state index in [1.165, 1.54) is 30.5 Å². The molecule has 2 N–H and O–H groups in total. The first-order chi connectivity index (χ1) is 11.0. The van der Waals surface area contributed by atoms with Crippen molar-refractivity contribution in [1.82, 2.24) is 15.8 Å². The molecule has 2 rings (SSSR count). The Bertz CT molecular complexity index is 743. The predicted molar refractivity (Wildman–Crippen MR) is 81.8 cm³/mol. The maximum Gasteiger partial charge on any atom is 0.276 e. The maximum atomic E-state index is 13.3. The number of nitrogens with one attached hydrogen (secondary N) is 2. The topological polar surface area (TPSA) is 80.3 Å². The van der Waals surface area contributed by atoms with Gasteiger partial charge in [-0.1, -0.05) is 35.3 Å². The van der Waals surface area contributed by atoms with Gasteiger partial charge in [0.15, 0.2) is 18.2 Å². The molecule has 0 atom stereocenters. The van der Waals surface area contributed by atoms with E-state index in [9.17, 15) is 14.0 Å². The van der Waals surface area contributed by atoms with E-state index in [0.717, 1.165) is 0 Å². The van der Waals surface area contributed by atoms with Gasteiger partial charge in [0.1, 0.15) is 5.15 Å². The van der Waals surface area contributed by atoms with Crippen LogP contribution in [0, 0.1) is 5.82 Å². The largest absolute Gasteiger partial charge is 0.481 e. The molecule has 0 aliphatic heterocycles. The van der Waals surface area contributed by atoms with Gasteiger partial charge in [-0.25, -0.2) is 9.37 Å². The number of hydrogen-bond acceptors (Lipinski definition) is 4. The zero-order chi connectivity index (χ0) is 16.8. The van der Waals surface area contributed by atoms with E-state index >= 15 is 0 Å². The second-order valence-corrected chi connectivity index (χ2v) is 4.98. The van der Waals surface area contributed by atoms with Gasteiger partial charge in [0.25, 0.3) is 11.8 Å². The quantitative estimate of drug-likeness (QED) is 0.650. The van der Waals surface area contributed by atoms with Crippen molar-refractivity contribution in [3.05, 3.63) is 58.1 Å². The number of carbonyl (C=O) groups is 2. The Labute approximate surface area is 140 Å². The molecule has 0 aliphatic carbocycles. The van der Waals surface area contributed by atoms with Crippen LogP contribution in [-0.4, -0.2) is 23.4 Å². The highest BCUT2D eigenvalue weighted by Gasteiger charge is 2.11. The molecule has 0 spiro atoms. The first kappa shape index (κ1) is 17.0. The van der Waals surface area contributed by atoms with Crippen LogP contribution in [0.1, 0.15) is 10.4 Å². The first-order valence-corrected chi connectivity index (χ1v) is 7.00. The fraction of sp³-hybridized carbons (Fsp3) is 0.0714. The Balaban J connectivity index is 1.83. The molecule has 0 unspecified atom stereocenters. The molecule has 1 aromatic carbocycles. The fourth-order valence-corrected chi connectivity index (χ4v) is 1.75. The van der Waals surface area contributed by atoms with Gasteiger partial charge in [-0.05, 0) is 18.2 Å². The average molecular weight is 358 g/mol. The highest BCUT2D eigenvalue weighted by molar-refractivity contribution is 6.41. The van der Waals surface area contributed by atoms with Gasteiger partial charge in [-0.3, -0.25) is 20.4 Å². The van der Waals surface area contributed by atoms with Crippen molar-refractivity contribution in [3.8, 4) is 5.75 Å². The van der Waals surface area contributed by atoms with E-state index in [0.29, 0.717) is 0 Å². The van der Waals surface area contributed by atoms with Crippen LogP contribution in [0.15, 0.2) is 36.5 Å². The third-order valence-corrected chi connectivity index (χ3v) is 3.26. The molecule has 2 amide bonds. The number of nitrogens with zero attached hydrogens (tertiary/aromatic N) is 1. The number of benzene rings is 1.